The minimum absolute atomic E-state index is 1.11. The lowest BCUT2D eigenvalue weighted by atomic mass is 10.0. The van der Waals surface area contributed by atoms with Crippen LogP contribution >= 0.6 is 0 Å². The fourth-order valence-electron chi connectivity index (χ4n) is 7.15. The van der Waals surface area contributed by atoms with Gasteiger partial charge in [0.15, 0.2) is 0 Å². The summed E-state index contributed by atoms with van der Waals surface area (Å²) in [4.78, 5) is 2.42. The van der Waals surface area contributed by atoms with Crippen molar-refractivity contribution < 1.29 is 0 Å². The monoisotopic (exact) mass is 612 g/mol. The summed E-state index contributed by atoms with van der Waals surface area (Å²) in [7, 11) is 0. The SMILES string of the molecule is c1ccc(-c2ccc(N(c3ccc(-c4ccccc4)cc3)c3cccc4c3c3c5ccccc5ccc3n4-c3ccccc3)cc2)cc1. The van der Waals surface area contributed by atoms with Crippen LogP contribution in [0.25, 0.3) is 60.5 Å². The molecule has 1 aromatic heterocycles. The summed E-state index contributed by atoms with van der Waals surface area (Å²) >= 11 is 0. The molecule has 0 aliphatic rings. The van der Waals surface area contributed by atoms with Gasteiger partial charge in [0.1, 0.15) is 0 Å². The van der Waals surface area contributed by atoms with E-state index in [1.807, 2.05) is 0 Å². The van der Waals surface area contributed by atoms with E-state index in [1.165, 1.54) is 54.8 Å². The van der Waals surface area contributed by atoms with E-state index >= 15 is 0 Å². The van der Waals surface area contributed by atoms with Gasteiger partial charge in [-0.1, -0.05) is 140 Å². The summed E-state index contributed by atoms with van der Waals surface area (Å²) in [5.41, 5.74) is 11.7. The van der Waals surface area contributed by atoms with Crippen molar-refractivity contribution in [1.82, 2.24) is 4.57 Å². The first-order valence-electron chi connectivity index (χ1n) is 16.4. The molecule has 0 N–H and O–H groups in total. The molecule has 0 saturated heterocycles. The van der Waals surface area contributed by atoms with Crippen molar-refractivity contribution in [1.29, 1.82) is 0 Å². The third kappa shape index (κ3) is 4.74. The van der Waals surface area contributed by atoms with Crippen LogP contribution in [0.5, 0.6) is 0 Å². The molecule has 0 bridgehead atoms. The number of anilines is 3. The van der Waals surface area contributed by atoms with Gasteiger partial charge in [-0.05, 0) is 87.6 Å². The van der Waals surface area contributed by atoms with Crippen LogP contribution in [0.3, 0.4) is 0 Å². The molecule has 0 fully saturated rings. The van der Waals surface area contributed by atoms with Gasteiger partial charge < -0.3 is 9.47 Å². The van der Waals surface area contributed by atoms with Crippen molar-refractivity contribution in [2.24, 2.45) is 0 Å². The van der Waals surface area contributed by atoms with E-state index in [-0.39, 0.29) is 0 Å². The molecular formula is C46H32N2. The summed E-state index contributed by atoms with van der Waals surface area (Å²) in [6, 6.07) is 69.8. The second-order valence-electron chi connectivity index (χ2n) is 12.2. The van der Waals surface area contributed by atoms with E-state index in [4.69, 9.17) is 0 Å². The minimum Gasteiger partial charge on any atom is -0.310 e. The summed E-state index contributed by atoms with van der Waals surface area (Å²) in [6.45, 7) is 0. The molecule has 0 unspecified atom stereocenters. The molecule has 0 atom stereocenters. The first-order valence-corrected chi connectivity index (χ1v) is 16.4. The number of hydrogen-bond acceptors (Lipinski definition) is 1. The highest BCUT2D eigenvalue weighted by atomic mass is 15.1. The molecule has 8 aromatic carbocycles. The summed E-state index contributed by atoms with van der Waals surface area (Å²) in [5.74, 6) is 0. The number of hydrogen-bond donors (Lipinski definition) is 0. The van der Waals surface area contributed by atoms with E-state index in [9.17, 15) is 0 Å². The highest BCUT2D eigenvalue weighted by Gasteiger charge is 2.22. The third-order valence-electron chi connectivity index (χ3n) is 9.38. The Bertz CT molecular complexity index is 2430. The Labute approximate surface area is 280 Å². The van der Waals surface area contributed by atoms with Crippen LogP contribution < -0.4 is 4.90 Å². The Morgan fingerprint density at radius 1 is 0.333 bits per heavy atom. The van der Waals surface area contributed by atoms with Gasteiger partial charge in [-0.3, -0.25) is 0 Å². The van der Waals surface area contributed by atoms with Gasteiger partial charge in [0.05, 0.1) is 16.7 Å². The number of rotatable bonds is 6. The first-order chi connectivity index (χ1) is 23.8. The molecule has 0 aliphatic carbocycles. The number of fused-ring (bicyclic) bond motifs is 5. The lowest BCUT2D eigenvalue weighted by Crippen LogP contribution is -2.10. The number of para-hydroxylation sites is 1. The van der Waals surface area contributed by atoms with E-state index in [2.05, 4.69) is 204 Å². The summed E-state index contributed by atoms with van der Waals surface area (Å²) in [5, 5.41) is 4.97. The number of nitrogens with zero attached hydrogens (tertiary/aromatic N) is 2. The molecule has 1 heterocycles. The lowest BCUT2D eigenvalue weighted by molar-refractivity contribution is 1.18. The Kier molecular flexibility index (Phi) is 6.84. The van der Waals surface area contributed by atoms with Crippen molar-refractivity contribution >= 4 is 49.6 Å². The maximum atomic E-state index is 2.42. The Morgan fingerprint density at radius 3 is 1.44 bits per heavy atom. The van der Waals surface area contributed by atoms with Gasteiger partial charge in [-0.2, -0.15) is 0 Å². The molecule has 2 heteroatoms. The Hall–Kier alpha value is -6.38. The highest BCUT2D eigenvalue weighted by Crippen LogP contribution is 2.46. The predicted molar refractivity (Wildman–Crippen MR) is 204 cm³/mol. The molecule has 9 aromatic rings. The molecule has 0 radical (unpaired) electrons. The number of aromatic nitrogens is 1. The van der Waals surface area contributed by atoms with Crippen molar-refractivity contribution in [2.75, 3.05) is 4.90 Å². The van der Waals surface area contributed by atoms with Crippen LogP contribution in [0.1, 0.15) is 0 Å². The van der Waals surface area contributed by atoms with E-state index in [0.29, 0.717) is 0 Å². The molecule has 226 valence electrons. The average molecular weight is 613 g/mol. The van der Waals surface area contributed by atoms with Gasteiger partial charge >= 0.3 is 0 Å². The minimum atomic E-state index is 1.11. The molecule has 0 aliphatic heterocycles. The van der Waals surface area contributed by atoms with Gasteiger partial charge in [0.2, 0.25) is 0 Å². The zero-order valence-corrected chi connectivity index (χ0v) is 26.4. The Morgan fingerprint density at radius 2 is 0.833 bits per heavy atom. The standard InChI is InChI=1S/C46H32N2/c1-4-13-33(14-5-1)35-23-28-39(29-24-35)47(40-30-25-36(26-31-40)34-15-6-2-7-16-34)42-21-12-22-43-46(42)45-41-20-11-10-17-37(41)27-32-44(45)48(43)38-18-8-3-9-19-38/h1-32H. The highest BCUT2D eigenvalue weighted by molar-refractivity contribution is 6.25. The fraction of sp³-hybridized carbons (Fsp3) is 0. The zero-order chi connectivity index (χ0) is 31.9. The number of benzene rings is 8. The third-order valence-corrected chi connectivity index (χ3v) is 9.38. The second kappa shape index (κ2) is 11.8. The van der Waals surface area contributed by atoms with Crippen LogP contribution in [0.4, 0.5) is 17.1 Å². The van der Waals surface area contributed by atoms with Crippen molar-refractivity contribution in [3.8, 4) is 27.9 Å². The Balaban J connectivity index is 1.32. The topological polar surface area (TPSA) is 8.17 Å². The molecular weight excluding hydrogens is 581 g/mol. The van der Waals surface area contributed by atoms with E-state index < -0.39 is 0 Å². The maximum absolute atomic E-state index is 2.42. The van der Waals surface area contributed by atoms with Crippen LogP contribution in [-0.4, -0.2) is 4.57 Å². The molecule has 0 amide bonds. The van der Waals surface area contributed by atoms with Crippen molar-refractivity contribution in [2.45, 2.75) is 0 Å². The molecule has 9 rings (SSSR count). The average Bonchev–Trinajstić information content (AvgIpc) is 3.52. The first kappa shape index (κ1) is 27.9. The molecule has 0 spiro atoms. The largest absolute Gasteiger partial charge is 0.310 e. The molecule has 48 heavy (non-hydrogen) atoms. The van der Waals surface area contributed by atoms with Crippen molar-refractivity contribution in [3.05, 3.63) is 194 Å². The van der Waals surface area contributed by atoms with E-state index in [0.717, 1.165) is 22.7 Å². The van der Waals surface area contributed by atoms with Gasteiger partial charge in [-0.15, -0.1) is 0 Å². The summed E-state index contributed by atoms with van der Waals surface area (Å²) in [6.07, 6.45) is 0. The van der Waals surface area contributed by atoms with Crippen LogP contribution in [0.15, 0.2) is 194 Å². The second-order valence-corrected chi connectivity index (χ2v) is 12.2. The fourth-order valence-corrected chi connectivity index (χ4v) is 7.15. The van der Waals surface area contributed by atoms with Gasteiger partial charge in [-0.25, -0.2) is 0 Å². The van der Waals surface area contributed by atoms with Gasteiger partial charge in [0, 0.05) is 27.8 Å². The van der Waals surface area contributed by atoms with Crippen LogP contribution in [0.2, 0.25) is 0 Å². The van der Waals surface area contributed by atoms with Crippen LogP contribution in [0, 0.1) is 0 Å². The maximum Gasteiger partial charge on any atom is 0.0562 e. The van der Waals surface area contributed by atoms with E-state index in [1.54, 1.807) is 0 Å². The van der Waals surface area contributed by atoms with Crippen LogP contribution in [-0.2, 0) is 0 Å². The predicted octanol–water partition coefficient (Wildman–Crippen LogP) is 12.7. The molecule has 0 saturated carbocycles. The zero-order valence-electron chi connectivity index (χ0n) is 26.4. The normalized spacial score (nSPS) is 11.3. The van der Waals surface area contributed by atoms with Crippen molar-refractivity contribution in [3.63, 3.8) is 0 Å². The quantitative estimate of drug-likeness (QED) is 0.181. The summed E-state index contributed by atoms with van der Waals surface area (Å²) < 4.78 is 2.41. The smallest absolute Gasteiger partial charge is 0.0562 e. The lowest BCUT2D eigenvalue weighted by Gasteiger charge is -2.27. The van der Waals surface area contributed by atoms with Gasteiger partial charge in [0.25, 0.3) is 0 Å². The molecule has 2 nitrogen and oxygen atoms in total.